The van der Waals surface area contributed by atoms with Crippen molar-refractivity contribution in [3.8, 4) is 0 Å². The summed E-state index contributed by atoms with van der Waals surface area (Å²) in [5.74, 6) is 0. The van der Waals surface area contributed by atoms with Gasteiger partial charge in [-0.1, -0.05) is 64.2 Å². The number of rotatable bonds is 27. The van der Waals surface area contributed by atoms with Crippen molar-refractivity contribution in [3.05, 3.63) is 0 Å². The Labute approximate surface area is 190 Å². The van der Waals surface area contributed by atoms with Gasteiger partial charge in [-0.2, -0.15) is 0 Å². The van der Waals surface area contributed by atoms with Crippen LogP contribution in [0.1, 0.15) is 103 Å². The summed E-state index contributed by atoms with van der Waals surface area (Å²) in [5, 5.41) is 0. The Bertz CT molecular complexity index is 360. The van der Waals surface area contributed by atoms with E-state index in [1.165, 1.54) is 76.8 Å². The third-order valence-electron chi connectivity index (χ3n) is 5.44. The summed E-state index contributed by atoms with van der Waals surface area (Å²) in [7, 11) is 0. The third kappa shape index (κ3) is 24.9. The third-order valence-corrected chi connectivity index (χ3v) is 5.44. The molecule has 0 saturated heterocycles. The van der Waals surface area contributed by atoms with Crippen molar-refractivity contribution >= 4 is 19.0 Å². The maximum absolute atomic E-state index is 11.2. The lowest BCUT2D eigenvalue weighted by Gasteiger charge is -2.17. The average Bonchev–Trinajstić information content (AvgIpc) is 2.79. The van der Waals surface area contributed by atoms with Gasteiger partial charge >= 0.3 is 0 Å². The molecule has 2 N–H and O–H groups in total. The molecule has 0 aliphatic rings. The first-order valence-corrected chi connectivity index (χ1v) is 12.6. The molecule has 0 fully saturated rings. The van der Waals surface area contributed by atoms with Gasteiger partial charge < -0.3 is 14.4 Å². The Kier molecular flexibility index (Phi) is 25.7. The molecule has 0 radical (unpaired) electrons. The monoisotopic (exact) mass is 443 g/mol. The summed E-state index contributed by atoms with van der Waals surface area (Å²) in [4.78, 5) is 30.1. The molecular weight excluding hydrogens is 394 g/mol. The zero-order valence-electron chi connectivity index (χ0n) is 19.9. The minimum absolute atomic E-state index is 0.590. The van der Waals surface area contributed by atoms with Gasteiger partial charge in [0.1, 0.15) is 0 Å². The normalized spacial score (nSPS) is 10.8. The molecule has 6 heteroatoms. The molecule has 0 aliphatic carbocycles. The minimum Gasteiger partial charge on any atom is -0.380 e. The quantitative estimate of drug-likeness (QED) is 0.101. The predicted octanol–water partition coefficient (Wildman–Crippen LogP) is 5.07. The first-order chi connectivity index (χ1) is 15.3. The molecule has 0 rings (SSSR count). The summed E-state index contributed by atoms with van der Waals surface area (Å²) in [5.41, 5.74) is 0. The molecule has 0 bridgehead atoms. The fourth-order valence-corrected chi connectivity index (χ4v) is 3.43. The van der Waals surface area contributed by atoms with Crippen LogP contribution in [-0.2, 0) is 14.3 Å². The van der Waals surface area contributed by atoms with E-state index in [9.17, 15) is 4.79 Å². The van der Waals surface area contributed by atoms with Gasteiger partial charge in [-0.05, 0) is 25.7 Å². The van der Waals surface area contributed by atoms with E-state index in [0.29, 0.717) is 26.3 Å². The molecule has 0 aliphatic heterocycles. The lowest BCUT2D eigenvalue weighted by atomic mass is 10.1. The summed E-state index contributed by atoms with van der Waals surface area (Å²) in [6.45, 7) is 3.97. The van der Waals surface area contributed by atoms with Gasteiger partial charge in [-0.15, -0.1) is 0 Å². The molecular formula is C25H49NO5+2. The first kappa shape index (κ1) is 29.7. The smallest absolute Gasteiger partial charge is 0.281 e. The molecule has 0 heterocycles. The van der Waals surface area contributed by atoms with Crippen molar-refractivity contribution in [1.29, 1.82) is 0 Å². The number of aldehydes is 2. The number of carbonyl (C=O) groups is 1. The molecule has 0 aromatic heterocycles. The summed E-state index contributed by atoms with van der Waals surface area (Å²) >= 11 is 0. The Hall–Kier alpha value is -1.27. The van der Waals surface area contributed by atoms with Gasteiger partial charge in [0.05, 0.1) is 26.1 Å². The van der Waals surface area contributed by atoms with Crippen LogP contribution in [0.2, 0.25) is 0 Å². The fourth-order valence-electron chi connectivity index (χ4n) is 3.43. The van der Waals surface area contributed by atoms with Crippen LogP contribution < -0.4 is 0 Å². The second kappa shape index (κ2) is 26.8. The Morgan fingerprint density at radius 3 is 1.23 bits per heavy atom. The number of unbranched alkanes of at least 4 members (excludes halogenated alkanes) is 14. The van der Waals surface area contributed by atoms with Crippen molar-refractivity contribution in [2.75, 3.05) is 39.5 Å². The minimum atomic E-state index is 0.590. The van der Waals surface area contributed by atoms with Crippen LogP contribution in [0.15, 0.2) is 0 Å². The molecule has 0 atom stereocenters. The zero-order chi connectivity index (χ0) is 22.7. The second-order valence-electron chi connectivity index (χ2n) is 8.26. The summed E-state index contributed by atoms with van der Waals surface area (Å²) in [6, 6.07) is 0. The number of amides is 1. The van der Waals surface area contributed by atoms with Crippen molar-refractivity contribution in [2.45, 2.75) is 103 Å². The van der Waals surface area contributed by atoms with Crippen LogP contribution >= 0.6 is 0 Å². The Balaban J connectivity index is 3.29. The number of hydrogen-bond donors (Lipinski definition) is 0. The maximum atomic E-state index is 11.2. The highest BCUT2D eigenvalue weighted by molar-refractivity contribution is 5.50. The molecule has 182 valence electrons. The molecule has 0 aromatic rings. The van der Waals surface area contributed by atoms with Crippen LogP contribution in [0.4, 0.5) is 0 Å². The zero-order valence-corrected chi connectivity index (χ0v) is 19.9. The second-order valence-corrected chi connectivity index (χ2v) is 8.26. The highest BCUT2D eigenvalue weighted by Crippen LogP contribution is 2.09. The van der Waals surface area contributed by atoms with Crippen molar-refractivity contribution < 1.29 is 23.9 Å². The summed E-state index contributed by atoms with van der Waals surface area (Å²) < 4.78 is 11.3. The molecule has 0 spiro atoms. The van der Waals surface area contributed by atoms with Crippen LogP contribution in [0.5, 0.6) is 0 Å². The van der Waals surface area contributed by atoms with E-state index in [2.05, 4.69) is 0 Å². The van der Waals surface area contributed by atoms with Gasteiger partial charge in [-0.25, -0.2) is 0 Å². The van der Waals surface area contributed by atoms with Crippen molar-refractivity contribution in [3.63, 3.8) is 0 Å². The molecule has 1 amide bonds. The lowest BCUT2D eigenvalue weighted by molar-refractivity contribution is -0.119. The van der Waals surface area contributed by atoms with Crippen LogP contribution in [0.3, 0.4) is 0 Å². The lowest BCUT2D eigenvalue weighted by Crippen LogP contribution is -2.30. The standard InChI is InChI=1S/C25H47NO5/c27-19-13-9-5-1-3-7-11-15-21-30-23-17-26(25-29)18-24-31-22-16-12-8-4-2-6-10-14-20-28/h19-20,25H,1-18,21-24H2/p+2. The number of ether oxygens (including phenoxy) is 2. The van der Waals surface area contributed by atoms with E-state index in [1.807, 2.05) is 0 Å². The SMILES string of the molecule is O=CN(CCOCCCCCCCCCC=[OH+])CCOCCCCCCCCCC=[OH+]. The molecule has 31 heavy (non-hydrogen) atoms. The van der Waals surface area contributed by atoms with Gasteiger partial charge in [0.15, 0.2) is 0 Å². The number of hydrogen-bond acceptors (Lipinski definition) is 3. The fraction of sp³-hybridized carbons (Fsp3) is 0.880. The number of nitrogens with zero attached hydrogens (tertiary/aromatic N) is 1. The molecule has 0 aromatic carbocycles. The Morgan fingerprint density at radius 2 is 0.871 bits per heavy atom. The highest BCUT2D eigenvalue weighted by Gasteiger charge is 2.02. The maximum Gasteiger partial charge on any atom is 0.281 e. The molecule has 6 nitrogen and oxygen atoms in total. The topological polar surface area (TPSA) is 81.6 Å². The van der Waals surface area contributed by atoms with Gasteiger partial charge in [0, 0.05) is 26.3 Å². The van der Waals surface area contributed by atoms with Crippen molar-refractivity contribution in [2.24, 2.45) is 0 Å². The summed E-state index contributed by atoms with van der Waals surface area (Å²) in [6.07, 6.45) is 21.6. The van der Waals surface area contributed by atoms with E-state index >= 15 is 0 Å². The van der Waals surface area contributed by atoms with Gasteiger partial charge in [-0.3, -0.25) is 14.4 Å². The highest BCUT2D eigenvalue weighted by atomic mass is 16.5. The Morgan fingerprint density at radius 1 is 0.516 bits per heavy atom. The number of carbonyl (C=O) groups excluding carboxylic acids is 3. The van der Waals surface area contributed by atoms with Crippen LogP contribution in [0, 0.1) is 0 Å². The van der Waals surface area contributed by atoms with Crippen LogP contribution in [0.25, 0.3) is 0 Å². The van der Waals surface area contributed by atoms with E-state index in [0.717, 1.165) is 58.1 Å². The largest absolute Gasteiger partial charge is 0.380 e. The van der Waals surface area contributed by atoms with E-state index in [-0.39, 0.29) is 0 Å². The van der Waals surface area contributed by atoms with E-state index in [4.69, 9.17) is 19.1 Å². The molecule has 0 saturated carbocycles. The van der Waals surface area contributed by atoms with Crippen molar-refractivity contribution in [1.82, 2.24) is 4.90 Å². The van der Waals surface area contributed by atoms with Gasteiger partial charge in [0.2, 0.25) is 6.41 Å². The average molecular weight is 444 g/mol. The first-order valence-electron chi connectivity index (χ1n) is 12.6. The van der Waals surface area contributed by atoms with E-state index in [1.54, 1.807) is 4.90 Å². The molecule has 0 unspecified atom stereocenters. The van der Waals surface area contributed by atoms with E-state index < -0.39 is 0 Å². The predicted molar refractivity (Wildman–Crippen MR) is 129 cm³/mol. The van der Waals surface area contributed by atoms with Gasteiger partial charge in [0.25, 0.3) is 12.6 Å². The van der Waals surface area contributed by atoms with Crippen LogP contribution in [-0.4, -0.2) is 73.0 Å².